The van der Waals surface area contributed by atoms with Crippen LogP contribution in [0.25, 0.3) is 0 Å². The molecule has 1 fully saturated rings. The van der Waals surface area contributed by atoms with Gasteiger partial charge in [0.1, 0.15) is 0 Å². The Balaban J connectivity index is 1.91. The van der Waals surface area contributed by atoms with Crippen molar-refractivity contribution >= 4 is 0 Å². The zero-order valence-electron chi connectivity index (χ0n) is 12.1. The minimum absolute atomic E-state index is 0.219. The molecule has 0 heterocycles. The van der Waals surface area contributed by atoms with Gasteiger partial charge in [-0.15, -0.1) is 0 Å². The molecule has 102 valence electrons. The van der Waals surface area contributed by atoms with Crippen LogP contribution in [0.5, 0.6) is 0 Å². The fourth-order valence-electron chi connectivity index (χ4n) is 2.25. The Labute approximate surface area is 107 Å². The predicted molar refractivity (Wildman–Crippen MR) is 73.5 cm³/mol. The zero-order valence-corrected chi connectivity index (χ0v) is 12.1. The molecule has 17 heavy (non-hydrogen) atoms. The molecular formula is C14H30N2O. The standard InChI is InChI=1S/C14H30N2O/c1-13(2,3)16-11-6-10-15-12-9-14(17-4)7-5-8-14/h15-16H,5-12H2,1-4H3. The van der Waals surface area contributed by atoms with Crippen molar-refractivity contribution in [3.8, 4) is 0 Å². The Morgan fingerprint density at radius 3 is 2.29 bits per heavy atom. The predicted octanol–water partition coefficient (Wildman–Crippen LogP) is 2.31. The Morgan fingerprint density at radius 1 is 1.12 bits per heavy atom. The van der Waals surface area contributed by atoms with E-state index in [1.54, 1.807) is 0 Å². The lowest BCUT2D eigenvalue weighted by Crippen LogP contribution is -2.42. The van der Waals surface area contributed by atoms with E-state index in [2.05, 4.69) is 31.4 Å². The van der Waals surface area contributed by atoms with E-state index in [0.29, 0.717) is 0 Å². The molecule has 0 bridgehead atoms. The quantitative estimate of drug-likeness (QED) is 0.641. The van der Waals surface area contributed by atoms with Crippen LogP contribution in [0, 0.1) is 0 Å². The molecule has 1 rings (SSSR count). The smallest absolute Gasteiger partial charge is 0.0690 e. The van der Waals surface area contributed by atoms with Gasteiger partial charge < -0.3 is 15.4 Å². The first kappa shape index (κ1) is 14.9. The van der Waals surface area contributed by atoms with Crippen LogP contribution < -0.4 is 10.6 Å². The summed E-state index contributed by atoms with van der Waals surface area (Å²) in [4.78, 5) is 0. The summed E-state index contributed by atoms with van der Waals surface area (Å²) in [6, 6.07) is 0. The van der Waals surface area contributed by atoms with Crippen LogP contribution in [0.3, 0.4) is 0 Å². The second-order valence-corrected chi connectivity index (χ2v) is 6.27. The molecule has 0 aromatic carbocycles. The summed E-state index contributed by atoms with van der Waals surface area (Å²) < 4.78 is 5.59. The van der Waals surface area contributed by atoms with Gasteiger partial charge in [0.2, 0.25) is 0 Å². The van der Waals surface area contributed by atoms with Gasteiger partial charge in [0.05, 0.1) is 5.60 Å². The van der Waals surface area contributed by atoms with Gasteiger partial charge in [0.25, 0.3) is 0 Å². The minimum atomic E-state index is 0.219. The summed E-state index contributed by atoms with van der Waals surface area (Å²) in [5.74, 6) is 0. The molecule has 0 unspecified atom stereocenters. The molecule has 1 aliphatic carbocycles. The molecule has 0 aromatic heterocycles. The fourth-order valence-corrected chi connectivity index (χ4v) is 2.25. The average Bonchev–Trinajstić information content (AvgIpc) is 2.18. The molecule has 0 saturated heterocycles. The van der Waals surface area contributed by atoms with Crippen molar-refractivity contribution in [1.82, 2.24) is 10.6 Å². The normalized spacial score (nSPS) is 19.1. The first-order valence-corrected chi connectivity index (χ1v) is 6.98. The number of rotatable bonds is 8. The molecule has 1 aliphatic rings. The Kier molecular flexibility index (Phi) is 5.90. The number of methoxy groups -OCH3 is 1. The molecule has 0 aliphatic heterocycles. The van der Waals surface area contributed by atoms with E-state index in [9.17, 15) is 0 Å². The summed E-state index contributed by atoms with van der Waals surface area (Å²) in [5, 5.41) is 7.01. The first-order chi connectivity index (χ1) is 7.97. The highest BCUT2D eigenvalue weighted by Crippen LogP contribution is 2.37. The maximum atomic E-state index is 5.59. The topological polar surface area (TPSA) is 33.3 Å². The number of ether oxygens (including phenoxy) is 1. The SMILES string of the molecule is COC1(CCNCCCNC(C)(C)C)CCC1. The minimum Gasteiger partial charge on any atom is -0.378 e. The summed E-state index contributed by atoms with van der Waals surface area (Å²) in [5.41, 5.74) is 0.461. The van der Waals surface area contributed by atoms with E-state index >= 15 is 0 Å². The van der Waals surface area contributed by atoms with Gasteiger partial charge >= 0.3 is 0 Å². The maximum absolute atomic E-state index is 5.59. The molecule has 3 heteroatoms. The zero-order chi connectivity index (χ0) is 12.8. The van der Waals surface area contributed by atoms with E-state index in [-0.39, 0.29) is 11.1 Å². The molecule has 0 radical (unpaired) electrons. The van der Waals surface area contributed by atoms with E-state index < -0.39 is 0 Å². The maximum Gasteiger partial charge on any atom is 0.0690 e. The second-order valence-electron chi connectivity index (χ2n) is 6.27. The molecule has 0 amide bonds. The van der Waals surface area contributed by atoms with Crippen LogP contribution in [-0.4, -0.2) is 37.9 Å². The van der Waals surface area contributed by atoms with Gasteiger partial charge in [0, 0.05) is 12.6 Å². The third-order valence-corrected chi connectivity index (χ3v) is 3.64. The molecule has 0 aromatic rings. The Morgan fingerprint density at radius 2 is 1.82 bits per heavy atom. The largest absolute Gasteiger partial charge is 0.378 e. The van der Waals surface area contributed by atoms with Crippen LogP contribution in [0.1, 0.15) is 52.9 Å². The van der Waals surface area contributed by atoms with Crippen molar-refractivity contribution in [2.75, 3.05) is 26.7 Å². The summed E-state index contributed by atoms with van der Waals surface area (Å²) in [7, 11) is 1.85. The fraction of sp³-hybridized carbons (Fsp3) is 1.00. The third-order valence-electron chi connectivity index (χ3n) is 3.64. The average molecular weight is 242 g/mol. The molecule has 3 nitrogen and oxygen atoms in total. The van der Waals surface area contributed by atoms with Crippen LogP contribution >= 0.6 is 0 Å². The van der Waals surface area contributed by atoms with Crippen LogP contribution in [0.4, 0.5) is 0 Å². The van der Waals surface area contributed by atoms with E-state index in [1.165, 1.54) is 25.7 Å². The highest BCUT2D eigenvalue weighted by atomic mass is 16.5. The molecule has 0 spiro atoms. The van der Waals surface area contributed by atoms with Crippen molar-refractivity contribution in [2.45, 2.75) is 64.0 Å². The van der Waals surface area contributed by atoms with Crippen LogP contribution in [0.15, 0.2) is 0 Å². The monoisotopic (exact) mass is 242 g/mol. The van der Waals surface area contributed by atoms with Crippen molar-refractivity contribution < 1.29 is 4.74 Å². The van der Waals surface area contributed by atoms with Crippen molar-refractivity contribution in [1.29, 1.82) is 0 Å². The molecule has 0 atom stereocenters. The van der Waals surface area contributed by atoms with Gasteiger partial charge in [-0.1, -0.05) is 0 Å². The summed E-state index contributed by atoms with van der Waals surface area (Å²) >= 11 is 0. The Hall–Kier alpha value is -0.120. The second kappa shape index (κ2) is 6.72. The van der Waals surface area contributed by atoms with Crippen LogP contribution in [-0.2, 0) is 4.74 Å². The van der Waals surface area contributed by atoms with E-state index in [1.807, 2.05) is 7.11 Å². The Bertz CT molecular complexity index is 201. The van der Waals surface area contributed by atoms with Gasteiger partial charge in [-0.25, -0.2) is 0 Å². The number of hydrogen-bond acceptors (Lipinski definition) is 3. The van der Waals surface area contributed by atoms with Gasteiger partial charge in [-0.2, -0.15) is 0 Å². The number of nitrogens with one attached hydrogen (secondary N) is 2. The van der Waals surface area contributed by atoms with Crippen molar-refractivity contribution in [2.24, 2.45) is 0 Å². The van der Waals surface area contributed by atoms with Gasteiger partial charge in [0.15, 0.2) is 0 Å². The lowest BCUT2D eigenvalue weighted by Gasteiger charge is -2.40. The third kappa shape index (κ3) is 5.84. The van der Waals surface area contributed by atoms with Crippen molar-refractivity contribution in [3.63, 3.8) is 0 Å². The summed E-state index contributed by atoms with van der Waals surface area (Å²) in [6.07, 6.45) is 6.18. The van der Waals surface area contributed by atoms with Crippen LogP contribution in [0.2, 0.25) is 0 Å². The van der Waals surface area contributed by atoms with Gasteiger partial charge in [-0.05, 0) is 72.5 Å². The highest BCUT2D eigenvalue weighted by Gasteiger charge is 2.35. The lowest BCUT2D eigenvalue weighted by molar-refractivity contribution is -0.0767. The van der Waals surface area contributed by atoms with E-state index in [0.717, 1.165) is 26.1 Å². The number of hydrogen-bond donors (Lipinski definition) is 2. The van der Waals surface area contributed by atoms with E-state index in [4.69, 9.17) is 4.74 Å². The highest BCUT2D eigenvalue weighted by molar-refractivity contribution is 4.89. The first-order valence-electron chi connectivity index (χ1n) is 6.98. The molecule has 1 saturated carbocycles. The van der Waals surface area contributed by atoms with Gasteiger partial charge in [-0.3, -0.25) is 0 Å². The lowest BCUT2D eigenvalue weighted by atomic mass is 9.77. The summed E-state index contributed by atoms with van der Waals surface area (Å²) in [6.45, 7) is 9.90. The molecular weight excluding hydrogens is 212 g/mol. The molecule has 2 N–H and O–H groups in total. The van der Waals surface area contributed by atoms with Crippen molar-refractivity contribution in [3.05, 3.63) is 0 Å².